The number of hydrogen-bond donors (Lipinski definition) is 0. The largest absolute Gasteiger partial charge is 0.456 e. The molecule has 1 aliphatic rings. The van der Waals surface area contributed by atoms with Crippen LogP contribution in [-0.4, -0.2) is 0 Å². The second kappa shape index (κ2) is 16.7. The summed E-state index contributed by atoms with van der Waals surface area (Å²) >= 11 is 0. The van der Waals surface area contributed by atoms with Gasteiger partial charge in [0.2, 0.25) is 0 Å². The van der Waals surface area contributed by atoms with E-state index in [0.717, 1.165) is 50.1 Å². The molecule has 0 aliphatic heterocycles. The van der Waals surface area contributed by atoms with E-state index in [1.807, 2.05) is 12.1 Å². The van der Waals surface area contributed by atoms with Gasteiger partial charge in [-0.3, -0.25) is 0 Å². The third-order valence-corrected chi connectivity index (χ3v) is 14.2. The van der Waals surface area contributed by atoms with Crippen molar-refractivity contribution in [3.63, 3.8) is 0 Å². The molecular weight excluding hydrogens is 835 g/mol. The van der Waals surface area contributed by atoms with Crippen molar-refractivity contribution in [1.82, 2.24) is 0 Å². The molecule has 2 nitrogen and oxygen atoms in total. The smallest absolute Gasteiger partial charge is 0.136 e. The third-order valence-electron chi connectivity index (χ3n) is 14.2. The van der Waals surface area contributed by atoms with Gasteiger partial charge in [-0.25, -0.2) is 0 Å². The summed E-state index contributed by atoms with van der Waals surface area (Å²) in [7, 11) is 0. The first kappa shape index (κ1) is 40.3. The van der Waals surface area contributed by atoms with E-state index in [0.29, 0.717) is 0 Å². The molecule has 1 aromatic heterocycles. The van der Waals surface area contributed by atoms with Crippen molar-refractivity contribution in [2.45, 2.75) is 5.41 Å². The van der Waals surface area contributed by atoms with Crippen LogP contribution in [0.2, 0.25) is 0 Å². The molecule has 11 aromatic carbocycles. The first-order valence-electron chi connectivity index (χ1n) is 23.7. The number of hydrogen-bond acceptors (Lipinski definition) is 2. The molecular formula is C67H45NO. The molecule has 0 radical (unpaired) electrons. The fourth-order valence-corrected chi connectivity index (χ4v) is 11.2. The molecule has 0 saturated heterocycles. The summed E-state index contributed by atoms with van der Waals surface area (Å²) in [6, 6.07) is 99.1. The van der Waals surface area contributed by atoms with Crippen LogP contribution in [0.25, 0.3) is 77.6 Å². The molecule has 0 saturated carbocycles. The van der Waals surface area contributed by atoms with Crippen LogP contribution in [0, 0.1) is 0 Å². The zero-order valence-electron chi connectivity index (χ0n) is 37.8. The van der Waals surface area contributed by atoms with Gasteiger partial charge in [-0.2, -0.15) is 0 Å². The normalized spacial score (nSPS) is 12.5. The summed E-state index contributed by atoms with van der Waals surface area (Å²) in [6.07, 6.45) is 0. The van der Waals surface area contributed by atoms with Gasteiger partial charge >= 0.3 is 0 Å². The van der Waals surface area contributed by atoms with Gasteiger partial charge in [0.05, 0.1) is 5.41 Å². The number of furan rings is 1. The van der Waals surface area contributed by atoms with Crippen molar-refractivity contribution in [3.8, 4) is 55.6 Å². The highest BCUT2D eigenvalue weighted by molar-refractivity contribution is 6.12. The van der Waals surface area contributed by atoms with Gasteiger partial charge in [0.25, 0.3) is 0 Å². The van der Waals surface area contributed by atoms with Crippen LogP contribution < -0.4 is 4.90 Å². The standard InChI is InChI=1S/C67H45NO/c1-4-18-46(19-5-1)55-24-10-11-25-56(55)47-34-40-52(41-35-47)68(54-44-38-49(39-45-54)58-29-17-33-64-66(58)60-27-13-15-32-63(60)69-64)53-42-36-48(37-43-53)57-28-16-31-62-65(57)59-26-12-14-30-61(59)67(62,50-20-6-2-7-21-50)51-22-8-3-9-23-51/h1-45H. The van der Waals surface area contributed by atoms with Gasteiger partial charge < -0.3 is 9.32 Å². The molecule has 69 heavy (non-hydrogen) atoms. The average molecular weight is 880 g/mol. The summed E-state index contributed by atoms with van der Waals surface area (Å²) in [4.78, 5) is 2.37. The molecule has 0 unspecified atom stereocenters. The van der Waals surface area contributed by atoms with E-state index in [4.69, 9.17) is 4.42 Å². The second-order valence-electron chi connectivity index (χ2n) is 17.9. The fourth-order valence-electron chi connectivity index (χ4n) is 11.2. The Morgan fingerprint density at radius 1 is 0.275 bits per heavy atom. The molecule has 12 aromatic rings. The van der Waals surface area contributed by atoms with Gasteiger partial charge in [0, 0.05) is 27.8 Å². The number of para-hydroxylation sites is 1. The molecule has 0 spiro atoms. The Morgan fingerprint density at radius 3 is 1.29 bits per heavy atom. The summed E-state index contributed by atoms with van der Waals surface area (Å²) < 4.78 is 6.29. The number of benzene rings is 11. The zero-order chi connectivity index (χ0) is 45.7. The molecule has 13 rings (SSSR count). The van der Waals surface area contributed by atoms with Crippen molar-refractivity contribution in [2.24, 2.45) is 0 Å². The van der Waals surface area contributed by atoms with Crippen LogP contribution in [0.5, 0.6) is 0 Å². The Bertz CT molecular complexity index is 3760. The molecule has 0 atom stereocenters. The Labute approximate surface area is 402 Å². The zero-order valence-corrected chi connectivity index (χ0v) is 37.8. The number of nitrogens with zero attached hydrogens (tertiary/aromatic N) is 1. The Balaban J connectivity index is 0.931. The van der Waals surface area contributed by atoms with Crippen LogP contribution in [0.3, 0.4) is 0 Å². The molecule has 1 aliphatic carbocycles. The Morgan fingerprint density at radius 2 is 0.681 bits per heavy atom. The molecule has 0 N–H and O–H groups in total. The SMILES string of the molecule is c1ccc(-c2ccccc2-c2ccc(N(c3ccc(-c4cccc5c4-c4ccccc4C5(c4ccccc4)c4ccccc4)cc3)c3ccc(-c4cccc5oc6ccccc6c45)cc3)cc2)cc1. The van der Waals surface area contributed by atoms with Gasteiger partial charge in [-0.05, 0) is 126 Å². The van der Waals surface area contributed by atoms with Crippen molar-refractivity contribution >= 4 is 39.0 Å². The maximum Gasteiger partial charge on any atom is 0.136 e. The van der Waals surface area contributed by atoms with E-state index < -0.39 is 5.41 Å². The average Bonchev–Trinajstić information content (AvgIpc) is 3.97. The second-order valence-corrected chi connectivity index (χ2v) is 17.9. The van der Waals surface area contributed by atoms with E-state index in [2.05, 4.69) is 266 Å². The highest BCUT2D eigenvalue weighted by Gasteiger charge is 2.46. The predicted molar refractivity (Wildman–Crippen MR) is 287 cm³/mol. The molecule has 2 heteroatoms. The number of fused-ring (bicyclic) bond motifs is 6. The van der Waals surface area contributed by atoms with E-state index in [-0.39, 0.29) is 0 Å². The molecule has 1 heterocycles. The van der Waals surface area contributed by atoms with Crippen molar-refractivity contribution in [3.05, 3.63) is 295 Å². The number of anilines is 3. The lowest BCUT2D eigenvalue weighted by Gasteiger charge is -2.34. The van der Waals surface area contributed by atoms with Gasteiger partial charge in [0.15, 0.2) is 0 Å². The highest BCUT2D eigenvalue weighted by atomic mass is 16.3. The van der Waals surface area contributed by atoms with Crippen LogP contribution in [0.4, 0.5) is 17.1 Å². The van der Waals surface area contributed by atoms with E-state index >= 15 is 0 Å². The predicted octanol–water partition coefficient (Wildman–Crippen LogP) is 18.1. The van der Waals surface area contributed by atoms with Crippen LogP contribution in [0.15, 0.2) is 277 Å². The van der Waals surface area contributed by atoms with Crippen molar-refractivity contribution < 1.29 is 4.42 Å². The van der Waals surface area contributed by atoms with E-state index in [9.17, 15) is 0 Å². The Kier molecular flexibility index (Phi) is 9.77. The van der Waals surface area contributed by atoms with Crippen LogP contribution in [0.1, 0.15) is 22.3 Å². The quantitative estimate of drug-likeness (QED) is 0.144. The molecule has 0 bridgehead atoms. The van der Waals surface area contributed by atoms with Gasteiger partial charge in [-0.15, -0.1) is 0 Å². The lowest BCUT2D eigenvalue weighted by atomic mass is 9.67. The lowest BCUT2D eigenvalue weighted by molar-refractivity contribution is 0.669. The van der Waals surface area contributed by atoms with Gasteiger partial charge in [-0.1, -0.05) is 224 Å². The maximum atomic E-state index is 6.29. The minimum atomic E-state index is -0.461. The maximum absolute atomic E-state index is 6.29. The lowest BCUT2D eigenvalue weighted by Crippen LogP contribution is -2.28. The molecule has 0 amide bonds. The summed E-state index contributed by atoms with van der Waals surface area (Å²) in [5.41, 5.74) is 21.7. The Hall–Kier alpha value is -8.98. The monoisotopic (exact) mass is 879 g/mol. The summed E-state index contributed by atoms with van der Waals surface area (Å²) in [5.74, 6) is 0. The van der Waals surface area contributed by atoms with Crippen LogP contribution in [-0.2, 0) is 5.41 Å². The van der Waals surface area contributed by atoms with E-state index in [1.54, 1.807) is 0 Å². The highest BCUT2D eigenvalue weighted by Crippen LogP contribution is 2.58. The van der Waals surface area contributed by atoms with E-state index in [1.165, 1.54) is 66.8 Å². The molecule has 324 valence electrons. The van der Waals surface area contributed by atoms with Crippen molar-refractivity contribution in [2.75, 3.05) is 4.90 Å². The minimum absolute atomic E-state index is 0.461. The van der Waals surface area contributed by atoms with Gasteiger partial charge in [0.1, 0.15) is 11.2 Å². The molecule has 0 fully saturated rings. The third kappa shape index (κ3) is 6.64. The number of rotatable bonds is 9. The first-order chi connectivity index (χ1) is 34.2. The summed E-state index contributed by atoms with van der Waals surface area (Å²) in [5, 5.41) is 2.26. The van der Waals surface area contributed by atoms with Crippen LogP contribution >= 0.6 is 0 Å². The topological polar surface area (TPSA) is 16.4 Å². The fraction of sp³-hybridized carbons (Fsp3) is 0.0149. The van der Waals surface area contributed by atoms with Crippen molar-refractivity contribution in [1.29, 1.82) is 0 Å². The summed E-state index contributed by atoms with van der Waals surface area (Å²) in [6.45, 7) is 0. The minimum Gasteiger partial charge on any atom is -0.456 e. The first-order valence-corrected chi connectivity index (χ1v) is 23.7.